The van der Waals surface area contributed by atoms with Crippen LogP contribution in [-0.4, -0.2) is 19.2 Å². The minimum absolute atomic E-state index is 0.0500. The van der Waals surface area contributed by atoms with Gasteiger partial charge in [0.15, 0.2) is 6.61 Å². The molecule has 82 valence electrons. The molecule has 0 aliphatic rings. The zero-order valence-electron chi connectivity index (χ0n) is 8.13. The summed E-state index contributed by atoms with van der Waals surface area (Å²) in [5, 5.41) is 0. The molecular weight excluding hydrogens is 375 g/mol. The third kappa shape index (κ3) is 4.38. The van der Waals surface area contributed by atoms with Crippen molar-refractivity contribution < 1.29 is 14.3 Å². The van der Waals surface area contributed by atoms with Crippen molar-refractivity contribution >= 4 is 44.5 Å². The number of rotatable bonds is 4. The second-order valence-corrected chi connectivity index (χ2v) is 4.69. The highest BCUT2D eigenvalue weighted by molar-refractivity contribution is 14.1. The predicted octanol–water partition coefficient (Wildman–Crippen LogP) is 3.00. The number of ether oxygens (including phenoxy) is 2. The molecule has 0 saturated carbocycles. The van der Waals surface area contributed by atoms with Gasteiger partial charge in [0.25, 0.3) is 0 Å². The second kappa shape index (κ2) is 6.32. The lowest BCUT2D eigenvalue weighted by Crippen LogP contribution is -2.14. The third-order valence-corrected chi connectivity index (χ3v) is 3.88. The largest absolute Gasteiger partial charge is 0.482 e. The molecule has 3 nitrogen and oxygen atoms in total. The van der Waals surface area contributed by atoms with Crippen LogP contribution in [0.5, 0.6) is 5.75 Å². The second-order valence-electron chi connectivity index (χ2n) is 2.67. The molecule has 0 N–H and O–H groups in total. The van der Waals surface area contributed by atoms with Gasteiger partial charge in [-0.15, -0.1) is 0 Å². The maximum absolute atomic E-state index is 11.0. The van der Waals surface area contributed by atoms with Gasteiger partial charge in [-0.2, -0.15) is 0 Å². The monoisotopic (exact) mass is 384 g/mol. The van der Waals surface area contributed by atoms with Crippen LogP contribution in [-0.2, 0) is 9.53 Å². The Bertz CT molecular complexity index is 355. The fourth-order valence-corrected chi connectivity index (χ4v) is 1.64. The zero-order chi connectivity index (χ0) is 11.3. The Hall–Kier alpha value is -0.300. The summed E-state index contributed by atoms with van der Waals surface area (Å²) in [4.78, 5) is 11.0. The molecular formula is C10H10BrIO3. The van der Waals surface area contributed by atoms with E-state index in [9.17, 15) is 4.79 Å². The summed E-state index contributed by atoms with van der Waals surface area (Å²) < 4.78 is 12.0. The van der Waals surface area contributed by atoms with Gasteiger partial charge in [-0.3, -0.25) is 0 Å². The summed E-state index contributed by atoms with van der Waals surface area (Å²) in [6.45, 7) is 2.09. The van der Waals surface area contributed by atoms with Crippen molar-refractivity contribution in [1.82, 2.24) is 0 Å². The number of benzene rings is 1. The van der Waals surface area contributed by atoms with Crippen LogP contribution < -0.4 is 4.74 Å². The standard InChI is InChI=1S/C10H10BrIO3/c1-2-14-10(13)6-15-7-3-4-8(11)9(12)5-7/h3-5H,2,6H2,1H3. The number of esters is 1. The fraction of sp³-hybridized carbons (Fsp3) is 0.300. The normalized spacial score (nSPS) is 9.80. The summed E-state index contributed by atoms with van der Waals surface area (Å²) >= 11 is 5.56. The molecule has 15 heavy (non-hydrogen) atoms. The molecule has 0 saturated heterocycles. The third-order valence-electron chi connectivity index (χ3n) is 1.55. The highest BCUT2D eigenvalue weighted by Gasteiger charge is 2.04. The van der Waals surface area contributed by atoms with Crippen LogP contribution in [0.15, 0.2) is 22.7 Å². The lowest BCUT2D eigenvalue weighted by atomic mass is 10.3. The van der Waals surface area contributed by atoms with Crippen LogP contribution >= 0.6 is 38.5 Å². The fourth-order valence-electron chi connectivity index (χ4n) is 0.912. The van der Waals surface area contributed by atoms with E-state index in [1.807, 2.05) is 12.1 Å². The SMILES string of the molecule is CCOC(=O)COc1ccc(Br)c(I)c1. The highest BCUT2D eigenvalue weighted by atomic mass is 127. The Morgan fingerprint density at radius 3 is 2.87 bits per heavy atom. The van der Waals surface area contributed by atoms with Crippen LogP contribution in [0.3, 0.4) is 0 Å². The molecule has 1 aromatic rings. The first kappa shape index (κ1) is 12.8. The molecule has 0 bridgehead atoms. The van der Waals surface area contributed by atoms with E-state index in [2.05, 4.69) is 38.5 Å². The molecule has 1 aromatic carbocycles. The van der Waals surface area contributed by atoms with Gasteiger partial charge in [0, 0.05) is 8.04 Å². The van der Waals surface area contributed by atoms with Crippen LogP contribution in [0, 0.1) is 3.57 Å². The van der Waals surface area contributed by atoms with Crippen molar-refractivity contribution in [2.75, 3.05) is 13.2 Å². The maximum atomic E-state index is 11.0. The summed E-state index contributed by atoms with van der Waals surface area (Å²) in [6.07, 6.45) is 0. The smallest absolute Gasteiger partial charge is 0.344 e. The Balaban J connectivity index is 2.51. The Kier molecular flexibility index (Phi) is 5.38. The molecule has 0 heterocycles. The van der Waals surface area contributed by atoms with Gasteiger partial charge in [0.2, 0.25) is 0 Å². The molecule has 0 amide bonds. The van der Waals surface area contributed by atoms with E-state index in [0.29, 0.717) is 12.4 Å². The number of carbonyl (C=O) groups excluding carboxylic acids is 1. The number of hydrogen-bond acceptors (Lipinski definition) is 3. The first-order valence-electron chi connectivity index (χ1n) is 4.37. The lowest BCUT2D eigenvalue weighted by molar-refractivity contribution is -0.145. The molecule has 0 aliphatic carbocycles. The van der Waals surface area contributed by atoms with E-state index in [1.165, 1.54) is 0 Å². The van der Waals surface area contributed by atoms with Crippen LogP contribution in [0.2, 0.25) is 0 Å². The van der Waals surface area contributed by atoms with E-state index in [1.54, 1.807) is 13.0 Å². The van der Waals surface area contributed by atoms with Gasteiger partial charge in [0.05, 0.1) is 6.61 Å². The average molecular weight is 385 g/mol. The van der Waals surface area contributed by atoms with Gasteiger partial charge in [-0.05, 0) is 63.6 Å². The predicted molar refractivity (Wildman–Crippen MR) is 69.0 cm³/mol. The topological polar surface area (TPSA) is 35.5 Å². The summed E-state index contributed by atoms with van der Waals surface area (Å²) in [6, 6.07) is 5.53. The van der Waals surface area contributed by atoms with Gasteiger partial charge in [-0.1, -0.05) is 0 Å². The summed E-state index contributed by atoms with van der Waals surface area (Å²) in [5.74, 6) is 0.311. The number of carbonyl (C=O) groups is 1. The van der Waals surface area contributed by atoms with Crippen LogP contribution in [0.25, 0.3) is 0 Å². The minimum atomic E-state index is -0.351. The van der Waals surface area contributed by atoms with Crippen molar-refractivity contribution in [1.29, 1.82) is 0 Å². The molecule has 0 aromatic heterocycles. The van der Waals surface area contributed by atoms with Gasteiger partial charge >= 0.3 is 5.97 Å². The molecule has 0 spiro atoms. The molecule has 0 aliphatic heterocycles. The maximum Gasteiger partial charge on any atom is 0.344 e. The van der Waals surface area contributed by atoms with Gasteiger partial charge in [0.1, 0.15) is 5.75 Å². The van der Waals surface area contributed by atoms with Crippen molar-refractivity contribution in [3.8, 4) is 5.75 Å². The Labute approximate surface area is 110 Å². The molecule has 5 heteroatoms. The van der Waals surface area contributed by atoms with E-state index in [-0.39, 0.29) is 12.6 Å². The van der Waals surface area contributed by atoms with Gasteiger partial charge in [-0.25, -0.2) is 4.79 Å². The van der Waals surface area contributed by atoms with Crippen molar-refractivity contribution in [3.05, 3.63) is 26.2 Å². The quantitative estimate of drug-likeness (QED) is 0.591. The first-order chi connectivity index (χ1) is 7.13. The molecule has 0 atom stereocenters. The molecule has 0 radical (unpaired) electrons. The first-order valence-corrected chi connectivity index (χ1v) is 6.24. The van der Waals surface area contributed by atoms with Crippen molar-refractivity contribution in [2.45, 2.75) is 6.92 Å². The molecule has 0 unspecified atom stereocenters. The van der Waals surface area contributed by atoms with E-state index >= 15 is 0 Å². The molecule has 1 rings (SSSR count). The number of halogens is 2. The highest BCUT2D eigenvalue weighted by Crippen LogP contribution is 2.23. The Morgan fingerprint density at radius 1 is 1.53 bits per heavy atom. The zero-order valence-corrected chi connectivity index (χ0v) is 11.9. The Morgan fingerprint density at radius 2 is 2.27 bits per heavy atom. The van der Waals surface area contributed by atoms with E-state index in [0.717, 1.165) is 8.04 Å². The number of hydrogen-bond donors (Lipinski definition) is 0. The summed E-state index contributed by atoms with van der Waals surface area (Å²) in [7, 11) is 0. The van der Waals surface area contributed by atoms with Crippen molar-refractivity contribution in [2.24, 2.45) is 0 Å². The minimum Gasteiger partial charge on any atom is -0.482 e. The van der Waals surface area contributed by atoms with E-state index in [4.69, 9.17) is 9.47 Å². The molecule has 0 fully saturated rings. The average Bonchev–Trinajstić information content (AvgIpc) is 2.20. The lowest BCUT2D eigenvalue weighted by Gasteiger charge is -2.06. The van der Waals surface area contributed by atoms with Crippen molar-refractivity contribution in [3.63, 3.8) is 0 Å². The van der Waals surface area contributed by atoms with Crippen LogP contribution in [0.1, 0.15) is 6.92 Å². The van der Waals surface area contributed by atoms with Crippen LogP contribution in [0.4, 0.5) is 0 Å². The summed E-state index contributed by atoms with van der Waals surface area (Å²) in [5.41, 5.74) is 0. The van der Waals surface area contributed by atoms with Gasteiger partial charge < -0.3 is 9.47 Å². The van der Waals surface area contributed by atoms with E-state index < -0.39 is 0 Å².